The molecule has 1 saturated heterocycles. The van der Waals surface area contributed by atoms with Crippen molar-refractivity contribution in [3.63, 3.8) is 0 Å². The number of hydrogen-bond acceptors (Lipinski definition) is 2. The molecule has 1 aliphatic heterocycles. The molecule has 1 aromatic rings. The molecule has 1 fully saturated rings. The Bertz CT molecular complexity index is 559. The van der Waals surface area contributed by atoms with E-state index >= 15 is 0 Å². The van der Waals surface area contributed by atoms with Crippen LogP contribution in [0.25, 0.3) is 0 Å². The van der Waals surface area contributed by atoms with E-state index in [1.807, 2.05) is 0 Å². The summed E-state index contributed by atoms with van der Waals surface area (Å²) in [6, 6.07) is 4.06. The average Bonchev–Trinajstić information content (AvgIpc) is 2.86. The second-order valence-electron chi connectivity index (χ2n) is 5.11. The van der Waals surface area contributed by atoms with E-state index in [4.69, 9.17) is 5.11 Å². The lowest BCUT2D eigenvalue weighted by Crippen LogP contribution is -2.29. The average molecular weight is 275 g/mol. The molecule has 106 valence electrons. The van der Waals surface area contributed by atoms with E-state index in [1.165, 1.54) is 18.2 Å². The van der Waals surface area contributed by atoms with Crippen molar-refractivity contribution >= 4 is 5.91 Å². The molecule has 1 atom stereocenters. The zero-order valence-electron chi connectivity index (χ0n) is 11.5. The van der Waals surface area contributed by atoms with Gasteiger partial charge in [-0.3, -0.25) is 4.79 Å². The van der Waals surface area contributed by atoms with Crippen LogP contribution in [0.4, 0.5) is 4.39 Å². The van der Waals surface area contributed by atoms with Gasteiger partial charge in [0.1, 0.15) is 5.82 Å². The Labute approximate surface area is 118 Å². The Hall–Kier alpha value is -1.86. The molecule has 0 aromatic heterocycles. The summed E-state index contributed by atoms with van der Waals surface area (Å²) in [4.78, 5) is 14.2. The number of amides is 1. The molecule has 1 N–H and O–H groups in total. The van der Waals surface area contributed by atoms with Crippen LogP contribution in [0.2, 0.25) is 0 Å². The number of likely N-dealkylation sites (tertiary alicyclic amines) is 1. The molecule has 0 spiro atoms. The summed E-state index contributed by atoms with van der Waals surface area (Å²) < 4.78 is 13.4. The Morgan fingerprint density at radius 2 is 2.35 bits per heavy atom. The van der Waals surface area contributed by atoms with Crippen LogP contribution in [-0.2, 0) is 0 Å². The van der Waals surface area contributed by atoms with E-state index in [0.29, 0.717) is 36.6 Å². The molecule has 1 aliphatic rings. The smallest absolute Gasteiger partial charge is 0.255 e. The maximum absolute atomic E-state index is 13.4. The first-order valence-corrected chi connectivity index (χ1v) is 6.80. The van der Waals surface area contributed by atoms with Crippen LogP contribution in [0.1, 0.15) is 35.7 Å². The lowest BCUT2D eigenvalue weighted by molar-refractivity contribution is 0.0787. The topological polar surface area (TPSA) is 40.5 Å². The number of halogens is 1. The zero-order valence-corrected chi connectivity index (χ0v) is 11.5. The number of aliphatic hydroxyl groups is 1. The number of carbonyl (C=O) groups excluding carboxylic acids is 1. The Morgan fingerprint density at radius 1 is 1.55 bits per heavy atom. The first-order valence-electron chi connectivity index (χ1n) is 6.80. The van der Waals surface area contributed by atoms with E-state index in [9.17, 15) is 9.18 Å². The highest BCUT2D eigenvalue weighted by molar-refractivity contribution is 5.97. The molecule has 0 saturated carbocycles. The SMILES string of the molecule is CC1CCN(C(=O)c2cc(F)ccc2C#CCCO)C1. The highest BCUT2D eigenvalue weighted by atomic mass is 19.1. The fourth-order valence-corrected chi connectivity index (χ4v) is 2.31. The zero-order chi connectivity index (χ0) is 14.5. The second kappa shape index (κ2) is 6.53. The minimum absolute atomic E-state index is 0.0267. The maximum Gasteiger partial charge on any atom is 0.255 e. The van der Waals surface area contributed by atoms with Gasteiger partial charge in [-0.15, -0.1) is 0 Å². The molecule has 0 radical (unpaired) electrons. The quantitative estimate of drug-likeness (QED) is 0.839. The van der Waals surface area contributed by atoms with E-state index in [-0.39, 0.29) is 12.5 Å². The third-order valence-electron chi connectivity index (χ3n) is 3.38. The Kier molecular flexibility index (Phi) is 4.75. The molecule has 1 amide bonds. The van der Waals surface area contributed by atoms with Gasteiger partial charge in [0.05, 0.1) is 12.2 Å². The molecule has 1 aromatic carbocycles. The van der Waals surface area contributed by atoms with Crippen molar-refractivity contribution in [1.29, 1.82) is 0 Å². The Morgan fingerprint density at radius 3 is 3.00 bits per heavy atom. The van der Waals surface area contributed by atoms with E-state index in [2.05, 4.69) is 18.8 Å². The van der Waals surface area contributed by atoms with E-state index < -0.39 is 5.82 Å². The molecule has 1 heterocycles. The standard InChI is InChI=1S/C16H18FNO2/c1-12-7-8-18(11-12)16(20)15-10-14(17)6-5-13(15)4-2-3-9-19/h5-6,10,12,19H,3,7-9,11H2,1H3. The summed E-state index contributed by atoms with van der Waals surface area (Å²) in [7, 11) is 0. The summed E-state index contributed by atoms with van der Waals surface area (Å²) in [6.45, 7) is 3.49. The molecule has 0 bridgehead atoms. The molecule has 0 aliphatic carbocycles. The fraction of sp³-hybridized carbons (Fsp3) is 0.438. The highest BCUT2D eigenvalue weighted by Crippen LogP contribution is 2.20. The first kappa shape index (κ1) is 14.5. The van der Waals surface area contributed by atoms with Gasteiger partial charge in [-0.05, 0) is 30.5 Å². The molecular formula is C16H18FNO2. The van der Waals surface area contributed by atoms with Crippen molar-refractivity contribution < 1.29 is 14.3 Å². The first-order chi connectivity index (χ1) is 9.61. The van der Waals surface area contributed by atoms with Crippen molar-refractivity contribution in [3.05, 3.63) is 35.1 Å². The van der Waals surface area contributed by atoms with Gasteiger partial charge in [0.15, 0.2) is 0 Å². The van der Waals surface area contributed by atoms with Gasteiger partial charge in [-0.25, -0.2) is 4.39 Å². The Balaban J connectivity index is 2.27. The lowest BCUT2D eigenvalue weighted by atomic mass is 10.1. The molecule has 20 heavy (non-hydrogen) atoms. The molecule has 3 nitrogen and oxygen atoms in total. The number of aliphatic hydroxyl groups excluding tert-OH is 1. The van der Waals surface area contributed by atoms with Crippen molar-refractivity contribution in [2.24, 2.45) is 5.92 Å². The van der Waals surface area contributed by atoms with Crippen LogP contribution in [0, 0.1) is 23.6 Å². The molecule has 4 heteroatoms. The summed E-state index contributed by atoms with van der Waals surface area (Å²) in [5.41, 5.74) is 0.828. The number of hydrogen-bond donors (Lipinski definition) is 1. The van der Waals surface area contributed by atoms with Crippen molar-refractivity contribution in [2.75, 3.05) is 19.7 Å². The maximum atomic E-state index is 13.4. The van der Waals surface area contributed by atoms with E-state index in [0.717, 1.165) is 6.42 Å². The van der Waals surface area contributed by atoms with Crippen LogP contribution in [0.3, 0.4) is 0 Å². The summed E-state index contributed by atoms with van der Waals surface area (Å²) in [5.74, 6) is 5.49. The summed E-state index contributed by atoms with van der Waals surface area (Å²) >= 11 is 0. The van der Waals surface area contributed by atoms with Gasteiger partial charge in [0.25, 0.3) is 5.91 Å². The molecular weight excluding hydrogens is 257 g/mol. The van der Waals surface area contributed by atoms with Crippen molar-refractivity contribution in [1.82, 2.24) is 4.90 Å². The van der Waals surface area contributed by atoms with Gasteiger partial charge in [0.2, 0.25) is 0 Å². The highest BCUT2D eigenvalue weighted by Gasteiger charge is 2.25. The van der Waals surface area contributed by atoms with Crippen molar-refractivity contribution in [3.8, 4) is 11.8 Å². The number of carbonyl (C=O) groups is 1. The van der Waals surface area contributed by atoms with E-state index in [1.54, 1.807) is 4.90 Å². The normalized spacial score (nSPS) is 17.8. The summed E-state index contributed by atoms with van der Waals surface area (Å²) in [6.07, 6.45) is 1.32. The lowest BCUT2D eigenvalue weighted by Gasteiger charge is -2.17. The number of benzene rings is 1. The number of rotatable bonds is 2. The minimum Gasteiger partial charge on any atom is -0.395 e. The summed E-state index contributed by atoms with van der Waals surface area (Å²) in [5, 5.41) is 8.73. The largest absolute Gasteiger partial charge is 0.395 e. The van der Waals surface area contributed by atoms with Crippen LogP contribution < -0.4 is 0 Å². The molecule has 2 rings (SSSR count). The minimum atomic E-state index is -0.437. The number of nitrogens with zero attached hydrogens (tertiary/aromatic N) is 1. The molecule has 1 unspecified atom stereocenters. The fourth-order valence-electron chi connectivity index (χ4n) is 2.31. The third kappa shape index (κ3) is 3.37. The van der Waals surface area contributed by atoms with Gasteiger partial charge in [-0.1, -0.05) is 18.8 Å². The van der Waals surface area contributed by atoms with Crippen molar-refractivity contribution in [2.45, 2.75) is 19.8 Å². The van der Waals surface area contributed by atoms with Gasteiger partial charge < -0.3 is 10.0 Å². The van der Waals surface area contributed by atoms with Crippen LogP contribution in [-0.4, -0.2) is 35.6 Å². The van der Waals surface area contributed by atoms with Crippen LogP contribution >= 0.6 is 0 Å². The van der Waals surface area contributed by atoms with Crippen LogP contribution in [0.5, 0.6) is 0 Å². The van der Waals surface area contributed by atoms with Gasteiger partial charge >= 0.3 is 0 Å². The third-order valence-corrected chi connectivity index (χ3v) is 3.38. The second-order valence-corrected chi connectivity index (χ2v) is 5.11. The predicted octanol–water partition coefficient (Wildman–Crippen LogP) is 2.04. The van der Waals surface area contributed by atoms with Gasteiger partial charge in [-0.2, -0.15) is 0 Å². The monoisotopic (exact) mass is 275 g/mol. The van der Waals surface area contributed by atoms with Gasteiger partial charge in [0, 0.05) is 25.1 Å². The predicted molar refractivity (Wildman–Crippen MR) is 74.7 cm³/mol. The van der Waals surface area contributed by atoms with Crippen LogP contribution in [0.15, 0.2) is 18.2 Å².